The van der Waals surface area contributed by atoms with Gasteiger partial charge in [0.1, 0.15) is 11.5 Å². The first kappa shape index (κ1) is 11.5. The number of phenolic OH excluding ortho intramolecular Hbond substituents is 1. The van der Waals surface area contributed by atoms with E-state index in [1.54, 1.807) is 36.4 Å². The summed E-state index contributed by atoms with van der Waals surface area (Å²) in [5, 5.41) is 11.2. The van der Waals surface area contributed by atoms with E-state index in [4.69, 9.17) is 4.42 Å². The lowest BCUT2D eigenvalue weighted by atomic mass is 10.1. The maximum absolute atomic E-state index is 11.9. The number of hydrogen-bond donors (Lipinski definition) is 1. The smallest absolute Gasteiger partial charge is 0.344 e. The van der Waals surface area contributed by atoms with Gasteiger partial charge >= 0.3 is 5.63 Å². The Morgan fingerprint density at radius 3 is 2.68 bits per heavy atom. The molecule has 3 nitrogen and oxygen atoms in total. The number of phenols is 1. The molecule has 0 unspecified atom stereocenters. The Bertz CT molecular complexity index is 816. The molecule has 0 bridgehead atoms. The molecule has 0 fully saturated rings. The molecule has 1 heterocycles. The Kier molecular flexibility index (Phi) is 2.60. The third-order valence-corrected chi connectivity index (χ3v) is 3.09. The molecule has 1 N–H and O–H groups in total. The minimum Gasteiger partial charge on any atom is -0.507 e. The molecule has 3 heteroatoms. The Labute approximate surface area is 109 Å². The van der Waals surface area contributed by atoms with E-state index in [1.807, 2.05) is 19.1 Å². The Balaban J connectivity index is 2.31. The number of hydrogen-bond acceptors (Lipinski definition) is 3. The number of benzene rings is 2. The second-order valence-electron chi connectivity index (χ2n) is 4.51. The molecular weight excluding hydrogens is 240 g/mol. The molecule has 0 aliphatic heterocycles. The molecule has 3 rings (SSSR count). The van der Waals surface area contributed by atoms with Crippen LogP contribution in [0.15, 0.2) is 57.7 Å². The van der Waals surface area contributed by atoms with E-state index in [2.05, 4.69) is 0 Å². The Morgan fingerprint density at radius 2 is 1.84 bits per heavy atom. The van der Waals surface area contributed by atoms with Crippen LogP contribution in [0.25, 0.3) is 22.1 Å². The van der Waals surface area contributed by atoms with Crippen molar-refractivity contribution in [3.8, 4) is 17.1 Å². The van der Waals surface area contributed by atoms with Gasteiger partial charge in [0.05, 0.1) is 10.9 Å². The monoisotopic (exact) mass is 252 g/mol. The van der Waals surface area contributed by atoms with Gasteiger partial charge < -0.3 is 9.52 Å². The standard InChI is InChI=1S/C16H12O3/c1-10-6-7-14(17)13(8-10)15-9-11-4-2-3-5-12(11)16(18)19-15/h2-9,17H,1H3. The first-order valence-corrected chi connectivity index (χ1v) is 5.98. The fourth-order valence-corrected chi connectivity index (χ4v) is 2.11. The maximum atomic E-state index is 11.9. The van der Waals surface area contributed by atoms with Gasteiger partial charge in [0.2, 0.25) is 0 Å². The quantitative estimate of drug-likeness (QED) is 0.721. The molecule has 0 saturated carbocycles. The number of aryl methyl sites for hydroxylation is 1. The zero-order chi connectivity index (χ0) is 13.4. The molecule has 94 valence electrons. The van der Waals surface area contributed by atoms with Gasteiger partial charge in [-0.25, -0.2) is 4.79 Å². The summed E-state index contributed by atoms with van der Waals surface area (Å²) >= 11 is 0. The third kappa shape index (κ3) is 1.99. The van der Waals surface area contributed by atoms with Crippen LogP contribution in [0, 0.1) is 6.92 Å². The summed E-state index contributed by atoms with van der Waals surface area (Å²) in [7, 11) is 0. The van der Waals surface area contributed by atoms with E-state index in [1.165, 1.54) is 0 Å². The molecule has 3 aromatic rings. The first-order chi connectivity index (χ1) is 9.15. The van der Waals surface area contributed by atoms with Crippen LogP contribution in [0.4, 0.5) is 0 Å². The molecule has 0 amide bonds. The lowest BCUT2D eigenvalue weighted by molar-refractivity contribution is 0.470. The van der Waals surface area contributed by atoms with Crippen molar-refractivity contribution >= 4 is 10.8 Å². The third-order valence-electron chi connectivity index (χ3n) is 3.09. The van der Waals surface area contributed by atoms with Crippen molar-refractivity contribution in [2.45, 2.75) is 6.92 Å². The lowest BCUT2D eigenvalue weighted by Gasteiger charge is -2.05. The summed E-state index contributed by atoms with van der Waals surface area (Å²) in [6.45, 7) is 1.92. The van der Waals surface area contributed by atoms with E-state index in [-0.39, 0.29) is 5.75 Å². The lowest BCUT2D eigenvalue weighted by Crippen LogP contribution is -2.00. The molecule has 2 aromatic carbocycles. The molecule has 0 saturated heterocycles. The van der Waals surface area contributed by atoms with Crippen molar-refractivity contribution < 1.29 is 9.52 Å². The van der Waals surface area contributed by atoms with Gasteiger partial charge in [0.25, 0.3) is 0 Å². The van der Waals surface area contributed by atoms with Crippen molar-refractivity contribution in [2.75, 3.05) is 0 Å². The molecule has 0 aliphatic rings. The highest BCUT2D eigenvalue weighted by atomic mass is 16.4. The molecule has 0 radical (unpaired) electrons. The zero-order valence-corrected chi connectivity index (χ0v) is 10.4. The summed E-state index contributed by atoms with van der Waals surface area (Å²) in [4.78, 5) is 11.9. The van der Waals surface area contributed by atoms with Gasteiger partial charge in [-0.15, -0.1) is 0 Å². The fourth-order valence-electron chi connectivity index (χ4n) is 2.11. The second-order valence-corrected chi connectivity index (χ2v) is 4.51. The minimum atomic E-state index is -0.394. The van der Waals surface area contributed by atoms with Crippen LogP contribution in [0.3, 0.4) is 0 Å². The van der Waals surface area contributed by atoms with Crippen molar-refractivity contribution in [2.24, 2.45) is 0 Å². The van der Waals surface area contributed by atoms with E-state index in [0.717, 1.165) is 10.9 Å². The maximum Gasteiger partial charge on any atom is 0.344 e. The Morgan fingerprint density at radius 1 is 1.05 bits per heavy atom. The van der Waals surface area contributed by atoms with Gasteiger partial charge in [-0.3, -0.25) is 0 Å². The fraction of sp³-hybridized carbons (Fsp3) is 0.0625. The summed E-state index contributed by atoms with van der Waals surface area (Å²) < 4.78 is 5.30. The molecule has 0 atom stereocenters. The van der Waals surface area contributed by atoms with Gasteiger partial charge in [0, 0.05) is 0 Å². The van der Waals surface area contributed by atoms with Crippen molar-refractivity contribution in [1.82, 2.24) is 0 Å². The van der Waals surface area contributed by atoms with Crippen molar-refractivity contribution in [3.63, 3.8) is 0 Å². The van der Waals surface area contributed by atoms with E-state index >= 15 is 0 Å². The van der Waals surface area contributed by atoms with Gasteiger partial charge in [-0.05, 0) is 36.6 Å². The normalized spacial score (nSPS) is 10.8. The predicted molar refractivity (Wildman–Crippen MR) is 74.3 cm³/mol. The molecule has 0 aliphatic carbocycles. The van der Waals surface area contributed by atoms with Crippen molar-refractivity contribution in [1.29, 1.82) is 0 Å². The van der Waals surface area contributed by atoms with Crippen LogP contribution in [0.5, 0.6) is 5.75 Å². The average molecular weight is 252 g/mol. The van der Waals surface area contributed by atoms with Crippen LogP contribution in [-0.4, -0.2) is 5.11 Å². The highest BCUT2D eigenvalue weighted by molar-refractivity contribution is 5.84. The summed E-state index contributed by atoms with van der Waals surface area (Å²) in [5.74, 6) is 0.480. The van der Waals surface area contributed by atoms with Crippen LogP contribution < -0.4 is 5.63 Å². The SMILES string of the molecule is Cc1ccc(O)c(-c2cc3ccccc3c(=O)o2)c1. The second kappa shape index (κ2) is 4.28. The van der Waals surface area contributed by atoms with Crippen LogP contribution in [-0.2, 0) is 0 Å². The van der Waals surface area contributed by atoms with Gasteiger partial charge in [0.15, 0.2) is 0 Å². The largest absolute Gasteiger partial charge is 0.507 e. The average Bonchev–Trinajstić information content (AvgIpc) is 2.41. The van der Waals surface area contributed by atoms with E-state index < -0.39 is 5.63 Å². The number of fused-ring (bicyclic) bond motifs is 1. The van der Waals surface area contributed by atoms with Gasteiger partial charge in [-0.1, -0.05) is 29.8 Å². The highest BCUT2D eigenvalue weighted by Crippen LogP contribution is 2.30. The predicted octanol–water partition coefficient (Wildman–Crippen LogP) is 3.47. The zero-order valence-electron chi connectivity index (χ0n) is 10.4. The van der Waals surface area contributed by atoms with Gasteiger partial charge in [-0.2, -0.15) is 0 Å². The molecule has 1 aromatic heterocycles. The Hall–Kier alpha value is -2.55. The summed E-state index contributed by atoms with van der Waals surface area (Å²) in [5.41, 5.74) is 1.13. The molecule has 0 spiro atoms. The van der Waals surface area contributed by atoms with Crippen LogP contribution >= 0.6 is 0 Å². The van der Waals surface area contributed by atoms with Crippen LogP contribution in [0.1, 0.15) is 5.56 Å². The topological polar surface area (TPSA) is 50.4 Å². The molecule has 19 heavy (non-hydrogen) atoms. The van der Waals surface area contributed by atoms with Crippen molar-refractivity contribution in [3.05, 3.63) is 64.5 Å². The van der Waals surface area contributed by atoms with E-state index in [0.29, 0.717) is 16.7 Å². The van der Waals surface area contributed by atoms with Crippen LogP contribution in [0.2, 0.25) is 0 Å². The minimum absolute atomic E-state index is 0.101. The first-order valence-electron chi connectivity index (χ1n) is 5.98. The number of rotatable bonds is 1. The van der Waals surface area contributed by atoms with E-state index in [9.17, 15) is 9.90 Å². The number of aromatic hydroxyl groups is 1. The highest BCUT2D eigenvalue weighted by Gasteiger charge is 2.10. The molecular formula is C16H12O3. The summed E-state index contributed by atoms with van der Waals surface area (Å²) in [6, 6.07) is 14.2. The summed E-state index contributed by atoms with van der Waals surface area (Å²) in [6.07, 6.45) is 0.